The van der Waals surface area contributed by atoms with Crippen molar-refractivity contribution in [3.63, 3.8) is 0 Å². The van der Waals surface area contributed by atoms with E-state index in [1.165, 1.54) is 0 Å². The molecule has 0 bridgehead atoms. The zero-order chi connectivity index (χ0) is 22.1. The van der Waals surface area contributed by atoms with Crippen LogP contribution in [0, 0.1) is 12.8 Å². The van der Waals surface area contributed by atoms with E-state index >= 15 is 0 Å². The summed E-state index contributed by atoms with van der Waals surface area (Å²) in [6.45, 7) is 7.58. The minimum Gasteiger partial charge on any atom is -0.355 e. The highest BCUT2D eigenvalue weighted by molar-refractivity contribution is 7.89. The second kappa shape index (κ2) is 11.5. The Balaban J connectivity index is 1.91. The van der Waals surface area contributed by atoms with Gasteiger partial charge in [-0.05, 0) is 50.7 Å². The van der Waals surface area contributed by atoms with Gasteiger partial charge >= 0.3 is 0 Å². The number of amides is 2. The van der Waals surface area contributed by atoms with Crippen molar-refractivity contribution in [2.45, 2.75) is 70.2 Å². The largest absolute Gasteiger partial charge is 0.355 e. The molecule has 7 nitrogen and oxygen atoms in total. The van der Waals surface area contributed by atoms with Crippen LogP contribution in [0.3, 0.4) is 0 Å². The number of nitrogens with zero attached hydrogens (tertiary/aromatic N) is 1. The van der Waals surface area contributed by atoms with E-state index in [1.54, 1.807) is 24.3 Å². The molecule has 0 aromatic heterocycles. The molecule has 0 aliphatic carbocycles. The molecule has 8 heteroatoms. The number of rotatable bonds is 10. The van der Waals surface area contributed by atoms with Gasteiger partial charge in [0.25, 0.3) is 0 Å². The summed E-state index contributed by atoms with van der Waals surface area (Å²) in [7, 11) is -3.79. The van der Waals surface area contributed by atoms with E-state index in [0.29, 0.717) is 32.4 Å². The Morgan fingerprint density at radius 3 is 2.50 bits per heavy atom. The van der Waals surface area contributed by atoms with Crippen LogP contribution >= 0.6 is 0 Å². The summed E-state index contributed by atoms with van der Waals surface area (Å²) in [5.41, 5.74) is 0.966. The summed E-state index contributed by atoms with van der Waals surface area (Å²) in [6.07, 6.45) is 4.71. The molecule has 168 valence electrons. The third kappa shape index (κ3) is 7.72. The Hall–Kier alpha value is -1.93. The second-order valence-electron chi connectivity index (χ2n) is 8.45. The summed E-state index contributed by atoms with van der Waals surface area (Å²) in [5.74, 6) is 0.000127. The Morgan fingerprint density at radius 1 is 1.13 bits per heavy atom. The average molecular weight is 438 g/mol. The predicted molar refractivity (Wildman–Crippen MR) is 117 cm³/mol. The lowest BCUT2D eigenvalue weighted by Gasteiger charge is -2.22. The van der Waals surface area contributed by atoms with E-state index in [0.717, 1.165) is 31.4 Å². The highest BCUT2D eigenvalue weighted by Crippen LogP contribution is 2.14. The summed E-state index contributed by atoms with van der Waals surface area (Å²) >= 11 is 0. The standard InChI is InChI=1S/C22H35N3O4S/c1-17(2)16-20(24-30(28,29)19-11-9-18(3)10-12-19)22(27)23-13-7-15-25-14-6-4-5-8-21(25)26/h9-12,17,20,24H,4-8,13-16H2,1-3H3,(H,23,27)/t20-/m1/s1. The van der Waals surface area contributed by atoms with Crippen LogP contribution in [0.4, 0.5) is 0 Å². The minimum atomic E-state index is -3.79. The zero-order valence-electron chi connectivity index (χ0n) is 18.3. The fraction of sp³-hybridized carbons (Fsp3) is 0.636. The number of nitrogens with one attached hydrogen (secondary N) is 2. The quantitative estimate of drug-likeness (QED) is 0.550. The lowest BCUT2D eigenvalue weighted by molar-refractivity contribution is -0.130. The monoisotopic (exact) mass is 437 g/mol. The van der Waals surface area contributed by atoms with E-state index in [9.17, 15) is 18.0 Å². The van der Waals surface area contributed by atoms with Crippen LogP contribution in [-0.4, -0.2) is 50.8 Å². The van der Waals surface area contributed by atoms with Crippen LogP contribution in [0.2, 0.25) is 0 Å². The number of hydrogen-bond donors (Lipinski definition) is 2. The first-order chi connectivity index (χ1) is 14.2. The highest BCUT2D eigenvalue weighted by Gasteiger charge is 2.26. The van der Waals surface area contributed by atoms with Gasteiger partial charge in [-0.2, -0.15) is 4.72 Å². The van der Waals surface area contributed by atoms with Crippen molar-refractivity contribution in [3.05, 3.63) is 29.8 Å². The maximum absolute atomic E-state index is 12.7. The summed E-state index contributed by atoms with van der Waals surface area (Å²) in [6, 6.07) is 5.71. The normalized spacial score (nSPS) is 16.4. The van der Waals surface area contributed by atoms with Crippen molar-refractivity contribution >= 4 is 21.8 Å². The maximum atomic E-state index is 12.7. The fourth-order valence-corrected chi connectivity index (χ4v) is 4.74. The highest BCUT2D eigenvalue weighted by atomic mass is 32.2. The van der Waals surface area contributed by atoms with E-state index in [1.807, 2.05) is 25.7 Å². The van der Waals surface area contributed by atoms with Crippen molar-refractivity contribution in [3.8, 4) is 0 Å². The van der Waals surface area contributed by atoms with E-state index in [2.05, 4.69) is 10.0 Å². The molecule has 1 aromatic carbocycles. The van der Waals surface area contributed by atoms with Crippen LogP contribution in [0.1, 0.15) is 57.9 Å². The molecule has 2 N–H and O–H groups in total. The van der Waals surface area contributed by atoms with Gasteiger partial charge in [-0.1, -0.05) is 38.0 Å². The molecule has 0 spiro atoms. The van der Waals surface area contributed by atoms with Gasteiger partial charge in [0, 0.05) is 26.1 Å². The molecule has 30 heavy (non-hydrogen) atoms. The Bertz CT molecular complexity index is 806. The molecule has 1 aliphatic heterocycles. The van der Waals surface area contributed by atoms with Crippen LogP contribution in [-0.2, 0) is 19.6 Å². The van der Waals surface area contributed by atoms with E-state index < -0.39 is 16.1 Å². The van der Waals surface area contributed by atoms with Crippen molar-refractivity contribution in [2.75, 3.05) is 19.6 Å². The van der Waals surface area contributed by atoms with E-state index in [4.69, 9.17) is 0 Å². The molecule has 1 saturated heterocycles. The number of aryl methyl sites for hydroxylation is 1. The van der Waals surface area contributed by atoms with Crippen LogP contribution in [0.25, 0.3) is 0 Å². The smallest absolute Gasteiger partial charge is 0.241 e. The Kier molecular flexibility index (Phi) is 9.30. The fourth-order valence-electron chi connectivity index (χ4n) is 3.53. The number of carbonyl (C=O) groups excluding carboxylic acids is 2. The first kappa shape index (κ1) is 24.3. The number of benzene rings is 1. The third-order valence-corrected chi connectivity index (χ3v) is 6.72. The van der Waals surface area contributed by atoms with Crippen molar-refractivity contribution in [1.82, 2.24) is 14.9 Å². The topological polar surface area (TPSA) is 95.6 Å². The number of hydrogen-bond acceptors (Lipinski definition) is 4. The molecule has 0 unspecified atom stereocenters. The Morgan fingerprint density at radius 2 is 1.83 bits per heavy atom. The summed E-state index contributed by atoms with van der Waals surface area (Å²) in [4.78, 5) is 26.8. The molecule has 0 radical (unpaired) electrons. The molecular formula is C22H35N3O4S. The van der Waals surface area contributed by atoms with Gasteiger partial charge in [0.05, 0.1) is 4.90 Å². The first-order valence-corrected chi connectivity index (χ1v) is 12.3. The van der Waals surface area contributed by atoms with Crippen LogP contribution in [0.5, 0.6) is 0 Å². The number of sulfonamides is 1. The molecular weight excluding hydrogens is 402 g/mol. The second-order valence-corrected chi connectivity index (χ2v) is 10.2. The van der Waals surface area contributed by atoms with Gasteiger partial charge in [0.2, 0.25) is 21.8 Å². The van der Waals surface area contributed by atoms with Gasteiger partial charge < -0.3 is 10.2 Å². The SMILES string of the molecule is Cc1ccc(S(=O)(=O)N[C@H](CC(C)C)C(=O)NCCCN2CCCCCC2=O)cc1. The molecule has 1 heterocycles. The van der Waals surface area contributed by atoms with E-state index in [-0.39, 0.29) is 22.6 Å². The first-order valence-electron chi connectivity index (χ1n) is 10.8. The zero-order valence-corrected chi connectivity index (χ0v) is 19.1. The number of likely N-dealkylation sites (tertiary alicyclic amines) is 1. The molecule has 2 rings (SSSR count). The van der Waals surface area contributed by atoms with Gasteiger partial charge in [-0.15, -0.1) is 0 Å². The Labute approximate surface area is 180 Å². The summed E-state index contributed by atoms with van der Waals surface area (Å²) < 4.78 is 28.0. The lowest BCUT2D eigenvalue weighted by Crippen LogP contribution is -2.47. The van der Waals surface area contributed by atoms with Crippen LogP contribution < -0.4 is 10.0 Å². The molecule has 1 atom stereocenters. The molecule has 1 aromatic rings. The maximum Gasteiger partial charge on any atom is 0.241 e. The predicted octanol–water partition coefficient (Wildman–Crippen LogP) is 2.60. The van der Waals surface area contributed by atoms with Crippen molar-refractivity contribution in [2.24, 2.45) is 5.92 Å². The average Bonchev–Trinajstić information content (AvgIpc) is 2.88. The van der Waals surface area contributed by atoms with Crippen molar-refractivity contribution in [1.29, 1.82) is 0 Å². The molecule has 1 fully saturated rings. The molecule has 2 amide bonds. The number of carbonyl (C=O) groups is 2. The van der Waals surface area contributed by atoms with Gasteiger partial charge in [0.1, 0.15) is 6.04 Å². The van der Waals surface area contributed by atoms with Gasteiger partial charge in [-0.25, -0.2) is 8.42 Å². The lowest BCUT2D eigenvalue weighted by atomic mass is 10.0. The van der Waals surface area contributed by atoms with Gasteiger partial charge in [-0.3, -0.25) is 9.59 Å². The van der Waals surface area contributed by atoms with Gasteiger partial charge in [0.15, 0.2) is 0 Å². The minimum absolute atomic E-state index is 0.148. The molecule has 1 aliphatic rings. The van der Waals surface area contributed by atoms with Crippen molar-refractivity contribution < 1.29 is 18.0 Å². The summed E-state index contributed by atoms with van der Waals surface area (Å²) in [5, 5.41) is 2.84. The molecule has 0 saturated carbocycles. The van der Waals surface area contributed by atoms with Crippen LogP contribution in [0.15, 0.2) is 29.2 Å². The third-order valence-electron chi connectivity index (χ3n) is 5.23.